The van der Waals surface area contributed by atoms with Crippen molar-refractivity contribution >= 4 is 11.9 Å². The van der Waals surface area contributed by atoms with Gasteiger partial charge in [-0.1, -0.05) is 72.3 Å². The summed E-state index contributed by atoms with van der Waals surface area (Å²) in [7, 11) is 0. The van der Waals surface area contributed by atoms with Crippen molar-refractivity contribution in [3.8, 4) is 0 Å². The molecule has 21 N–H and O–H groups in total. The van der Waals surface area contributed by atoms with Crippen LogP contribution in [0.1, 0.15) is 147 Å². The van der Waals surface area contributed by atoms with E-state index in [0.717, 1.165) is 5.57 Å². The molecule has 8 aliphatic heterocycles. The van der Waals surface area contributed by atoms with Crippen LogP contribution in [0.2, 0.25) is 0 Å². The van der Waals surface area contributed by atoms with Gasteiger partial charge in [-0.3, -0.25) is 4.79 Å². The van der Waals surface area contributed by atoms with E-state index in [0.29, 0.717) is 44.9 Å². The van der Waals surface area contributed by atoms with Crippen molar-refractivity contribution in [1.29, 1.82) is 0 Å². The van der Waals surface area contributed by atoms with E-state index in [1.165, 1.54) is 39.8 Å². The van der Waals surface area contributed by atoms with Crippen LogP contribution in [0.5, 0.6) is 0 Å². The van der Waals surface area contributed by atoms with Crippen molar-refractivity contribution in [2.45, 2.75) is 386 Å². The Labute approximate surface area is 718 Å². The molecule has 4 saturated carbocycles. The van der Waals surface area contributed by atoms with Crippen molar-refractivity contribution in [2.24, 2.45) is 50.2 Å². The first kappa shape index (κ1) is 98.2. The van der Waals surface area contributed by atoms with Gasteiger partial charge in [0.2, 0.25) is 6.29 Å². The molecule has 40 nitrogen and oxygen atoms in total. The quantitative estimate of drug-likeness (QED) is 0.0186. The molecule has 12 fully saturated rings. The molecule has 8 heterocycles. The van der Waals surface area contributed by atoms with E-state index in [1.54, 1.807) is 0 Å². The molecule has 0 bridgehead atoms. The highest BCUT2D eigenvalue weighted by atomic mass is 16.8. The number of esters is 2. The topological polar surface area (TPSA) is 616 Å². The van der Waals surface area contributed by atoms with Crippen molar-refractivity contribution in [2.75, 3.05) is 39.6 Å². The van der Waals surface area contributed by atoms with E-state index >= 15 is 4.79 Å². The first-order chi connectivity index (χ1) is 58.1. The van der Waals surface area contributed by atoms with Gasteiger partial charge in [-0.25, -0.2) is 4.79 Å². The normalized spacial score (nSPS) is 51.5. The molecule has 13 rings (SSSR count). The van der Waals surface area contributed by atoms with Gasteiger partial charge in [0.05, 0.1) is 69.7 Å². The zero-order chi connectivity index (χ0) is 90.6. The molecule has 0 spiro atoms. The first-order valence-electron chi connectivity index (χ1n) is 43.4. The largest absolute Gasteiger partial charge is 0.451 e. The minimum absolute atomic E-state index is 0.0479. The van der Waals surface area contributed by atoms with E-state index in [9.17, 15) is 112 Å². The number of aliphatic hydroxyl groups excluding tert-OH is 20. The number of hydrogen-bond acceptors (Lipinski definition) is 40. The molecular weight excluding hydrogens is 1650 g/mol. The van der Waals surface area contributed by atoms with Crippen molar-refractivity contribution in [3.05, 3.63) is 36.0 Å². The summed E-state index contributed by atoms with van der Waals surface area (Å²) in [6.45, 7) is 21.1. The van der Waals surface area contributed by atoms with Gasteiger partial charge in [-0.05, 0) is 143 Å². The van der Waals surface area contributed by atoms with Crippen molar-refractivity contribution in [3.63, 3.8) is 0 Å². The summed E-state index contributed by atoms with van der Waals surface area (Å²) in [6, 6.07) is 0. The molecule has 8 saturated heterocycles. The maximum absolute atomic E-state index is 16.3. The highest BCUT2D eigenvalue weighted by molar-refractivity contribution is 5.88. The third kappa shape index (κ3) is 18.6. The van der Waals surface area contributed by atoms with Gasteiger partial charge < -0.3 is 188 Å². The Hall–Kier alpha value is -3.28. The third-order valence-corrected chi connectivity index (χ3v) is 30.3. The van der Waals surface area contributed by atoms with Gasteiger partial charge in [0.1, 0.15) is 152 Å². The molecule has 40 heteroatoms. The highest BCUT2D eigenvalue weighted by Crippen LogP contribution is 2.76. The maximum atomic E-state index is 16.3. The fourth-order valence-corrected chi connectivity index (χ4v) is 22.2. The summed E-state index contributed by atoms with van der Waals surface area (Å²) in [5, 5.41) is 236. The fourth-order valence-electron chi connectivity index (χ4n) is 22.2. The van der Waals surface area contributed by atoms with Crippen molar-refractivity contribution in [1.82, 2.24) is 0 Å². The summed E-state index contributed by atoms with van der Waals surface area (Å²) in [6.07, 6.45) is -55.0. The van der Waals surface area contributed by atoms with E-state index in [1.807, 2.05) is 0 Å². The Kier molecular flexibility index (Phi) is 30.1. The SMILES string of the molecule is C=CC(C)(O)CCC=C(C)C(=O)OC1C(OCC2OC(OC(=O)C34CCC(C)(C)CC3C3=CCC5C6(C)CCC(OC7OC(COC8OCC(O)C(O)C8OC8OCC(O)C(O)C8O)C(O)C(O)C7O)C(C)(C)C6CCC5(C)C3(C)CC4O)C(OC3OC(C)C(OC4OCC(O)C(OC5OCC(O)C(O)C5O)C4O)C(O)C3O)C(O)C2O)OC(C)C(O)C1O. The van der Waals surface area contributed by atoms with Crippen molar-refractivity contribution < 1.29 is 197 Å². The highest BCUT2D eigenvalue weighted by Gasteiger charge is 2.73. The predicted molar refractivity (Wildman–Crippen MR) is 416 cm³/mol. The molecule has 0 aromatic heterocycles. The lowest BCUT2D eigenvalue weighted by Crippen LogP contribution is -2.69. The summed E-state index contributed by atoms with van der Waals surface area (Å²) in [5.41, 5.74) is -4.96. The monoisotopic (exact) mass is 1780 g/mol. The molecule has 5 aliphatic carbocycles. The van der Waals surface area contributed by atoms with Gasteiger partial charge in [-0.2, -0.15) is 0 Å². The van der Waals surface area contributed by atoms with E-state index in [4.69, 9.17) is 80.5 Å². The molecule has 46 atom stereocenters. The molecule has 0 radical (unpaired) electrons. The average molecular weight is 1780 g/mol. The number of hydrogen-bond donors (Lipinski definition) is 21. The Morgan fingerprint density at radius 3 is 1.61 bits per heavy atom. The second-order valence-electron chi connectivity index (χ2n) is 39.2. The lowest BCUT2D eigenvalue weighted by atomic mass is 9.33. The predicted octanol–water partition coefficient (Wildman–Crippen LogP) is -4.94. The number of aliphatic hydroxyl groups is 21. The fraction of sp³-hybridized carbons (Fsp3) is 0.905. The van der Waals surface area contributed by atoms with Crippen LogP contribution in [0.3, 0.4) is 0 Å². The van der Waals surface area contributed by atoms with Crippen LogP contribution in [-0.2, 0) is 90.1 Å². The maximum Gasteiger partial charge on any atom is 0.333 e. The molecule has 13 aliphatic rings. The molecule has 0 aromatic rings. The Bertz CT molecular complexity index is 3690. The van der Waals surface area contributed by atoms with Crippen LogP contribution in [0.15, 0.2) is 36.0 Å². The number of allylic oxidation sites excluding steroid dienone is 3. The van der Waals surface area contributed by atoms with Gasteiger partial charge in [0, 0.05) is 5.57 Å². The Morgan fingerprint density at radius 1 is 0.484 bits per heavy atom. The van der Waals surface area contributed by atoms with Crippen LogP contribution in [0.4, 0.5) is 0 Å². The average Bonchev–Trinajstić information content (AvgIpc) is 0.669. The summed E-state index contributed by atoms with van der Waals surface area (Å²) >= 11 is 0. The van der Waals surface area contributed by atoms with Crippen LogP contribution in [-0.4, -0.2) is 398 Å². The van der Waals surface area contributed by atoms with E-state index in [-0.39, 0.29) is 43.1 Å². The van der Waals surface area contributed by atoms with Crippen LogP contribution in [0, 0.1) is 50.2 Å². The number of carbonyl (C=O) groups is 2. The number of ether oxygens (including phenoxy) is 17. The summed E-state index contributed by atoms with van der Waals surface area (Å²) in [4.78, 5) is 30.0. The minimum Gasteiger partial charge on any atom is -0.451 e. The number of fused-ring (bicyclic) bond motifs is 7. The summed E-state index contributed by atoms with van der Waals surface area (Å²) in [5.74, 6) is -2.80. The van der Waals surface area contributed by atoms with Crippen LogP contribution in [0.25, 0.3) is 0 Å². The Balaban J connectivity index is 0.738. The Morgan fingerprint density at radius 2 is 0.984 bits per heavy atom. The van der Waals surface area contributed by atoms with E-state index < -0.39 is 329 Å². The van der Waals surface area contributed by atoms with E-state index in [2.05, 4.69) is 61.1 Å². The molecule has 46 unspecified atom stereocenters. The standard InChI is InChI=1S/C84H134O40/c1-13-80(9,107)20-14-15-33(2)68(105)119-66-55(97)48(90)34(3)114-75(66)113-32-43-53(95)56(98)67(123-72-61(103)57(99)63(35(4)115-72)120-71-62(104)64(41(88)30-110-71)121-69-58(100)49(91)38(85)27-108-69)76(117-43)124-77(106)84-24-23-78(5,6)25-37(84)36-16-17-45-81(10)21-19-47(79(7,8)44(81)18-22-82(45,11)83(36,12)26-46(84)89)118-73-60(102)54(96)52(94)42(116-73)31-112-74-65(51(93)40(87)29-111-74)122-70-59(101)50(92)39(86)28-109-70/h13,15-16,34-35,37-67,69-76,85-104,107H,1,14,17-32H2,2-12H3. The molecule has 124 heavy (non-hydrogen) atoms. The zero-order valence-corrected chi connectivity index (χ0v) is 71.8. The van der Waals surface area contributed by atoms with Gasteiger partial charge >= 0.3 is 11.9 Å². The lowest BCUT2D eigenvalue weighted by Gasteiger charge is -2.71. The molecule has 710 valence electrons. The lowest BCUT2D eigenvalue weighted by molar-refractivity contribution is -0.381. The van der Waals surface area contributed by atoms with Crippen LogP contribution >= 0.6 is 0 Å². The summed E-state index contributed by atoms with van der Waals surface area (Å²) < 4.78 is 102. The van der Waals surface area contributed by atoms with Gasteiger partial charge in [-0.15, -0.1) is 6.58 Å². The number of rotatable bonds is 24. The number of carbonyl (C=O) groups excluding carboxylic acids is 2. The van der Waals surface area contributed by atoms with Gasteiger partial charge in [0.15, 0.2) is 56.2 Å². The minimum atomic E-state index is -2.19. The molecule has 0 amide bonds. The second-order valence-corrected chi connectivity index (χ2v) is 39.2. The first-order valence-corrected chi connectivity index (χ1v) is 43.4. The third-order valence-electron chi connectivity index (χ3n) is 30.3. The zero-order valence-electron chi connectivity index (χ0n) is 71.8. The molecule has 0 aromatic carbocycles. The smallest absolute Gasteiger partial charge is 0.333 e. The van der Waals surface area contributed by atoms with Crippen LogP contribution < -0.4 is 0 Å². The molecular formula is C84H134O40. The van der Waals surface area contributed by atoms with Gasteiger partial charge in [0.25, 0.3) is 0 Å². The second kappa shape index (κ2) is 38.0.